The van der Waals surface area contributed by atoms with Crippen LogP contribution < -0.4 is 0 Å². The number of rotatable bonds is 3. The summed E-state index contributed by atoms with van der Waals surface area (Å²) in [5.41, 5.74) is 3.32. The summed E-state index contributed by atoms with van der Waals surface area (Å²) in [7, 11) is 0. The number of benzene rings is 7. The van der Waals surface area contributed by atoms with Crippen molar-refractivity contribution < 1.29 is 22.5 Å². The zero-order chi connectivity index (χ0) is 42.6. The average Bonchev–Trinajstić information content (AvgIpc) is 4.07. The van der Waals surface area contributed by atoms with Gasteiger partial charge in [-0.05, 0) is 36.4 Å². The maximum atomic E-state index is 9.47. The number of aromatic nitrogens is 4. The van der Waals surface area contributed by atoms with Crippen molar-refractivity contribution in [1.82, 2.24) is 19.5 Å². The van der Waals surface area contributed by atoms with Crippen LogP contribution in [0.2, 0.25) is 0 Å². The first-order valence-electron chi connectivity index (χ1n) is 21.4. The van der Waals surface area contributed by atoms with E-state index in [-0.39, 0.29) is 77.7 Å². The molecule has 12 rings (SSSR count). The van der Waals surface area contributed by atoms with E-state index in [2.05, 4.69) is 0 Å². The molecule has 0 amide bonds. The van der Waals surface area contributed by atoms with Crippen molar-refractivity contribution in [2.24, 2.45) is 0 Å². The lowest BCUT2D eigenvalue weighted by atomic mass is 10.1. The fraction of sp³-hybridized carbons (Fsp3) is 0. The number of hydrogen-bond acceptors (Lipinski definition) is 6. The van der Waals surface area contributed by atoms with Gasteiger partial charge in [0.2, 0.25) is 5.95 Å². The lowest BCUT2D eigenvalue weighted by Gasteiger charge is -2.11. The van der Waals surface area contributed by atoms with Crippen molar-refractivity contribution in [3.63, 3.8) is 0 Å². The molecule has 12 aromatic rings. The first-order chi connectivity index (χ1) is 29.9. The third-order valence-corrected chi connectivity index (χ3v) is 10.7. The molecule has 242 valence electrons. The molecule has 0 spiro atoms. The van der Waals surface area contributed by atoms with Crippen LogP contribution >= 0.6 is 11.3 Å². The lowest BCUT2D eigenvalue weighted by molar-refractivity contribution is 0.669. The van der Waals surface area contributed by atoms with Gasteiger partial charge in [0.25, 0.3) is 0 Å². The first kappa shape index (κ1) is 20.1. The van der Waals surface area contributed by atoms with Crippen LogP contribution in [0.4, 0.5) is 0 Å². The molecule has 0 aliphatic carbocycles. The maximum absolute atomic E-state index is 9.47. The van der Waals surface area contributed by atoms with Crippen molar-refractivity contribution >= 4 is 97.2 Å². The van der Waals surface area contributed by atoms with Gasteiger partial charge in [-0.2, -0.15) is 9.97 Å². The number of thiophene rings is 1. The second kappa shape index (κ2) is 10.4. The predicted molar refractivity (Wildman–Crippen MR) is 212 cm³/mol. The molecular weight excluding hydrogens is 661 g/mol. The van der Waals surface area contributed by atoms with E-state index < -0.39 is 42.3 Å². The zero-order valence-electron chi connectivity index (χ0n) is 36.6. The standard InChI is InChI=1S/C45H24N4O2S/c1-5-19-35-25(11-1)29-23-24-32-28-14-4-8-22-38(28)52-42(32)39(29)49(35)45-47-43(33-17-9-15-30-26-12-2-6-20-36(26)50-40(30)33)46-44(48-45)34-18-10-16-31-27-13-3-7-21-37(27)51-41(31)34/h1-24H/i1D,4D,5D,8D,11D,14D,19D,22D,23D,24D. The summed E-state index contributed by atoms with van der Waals surface area (Å²) in [6, 6.07) is 22.0. The Morgan fingerprint density at radius 1 is 0.500 bits per heavy atom. The van der Waals surface area contributed by atoms with Gasteiger partial charge in [-0.3, -0.25) is 4.57 Å². The Bertz CT molecular complexity index is 3890. The molecule has 7 heteroatoms. The lowest BCUT2D eigenvalue weighted by Crippen LogP contribution is -2.06. The van der Waals surface area contributed by atoms with Crippen LogP contribution in [0.3, 0.4) is 0 Å². The van der Waals surface area contributed by atoms with Crippen molar-refractivity contribution in [1.29, 1.82) is 0 Å². The minimum atomic E-state index is -0.551. The minimum absolute atomic E-state index is 0.00796. The summed E-state index contributed by atoms with van der Waals surface area (Å²) in [4.78, 5) is 15.2. The van der Waals surface area contributed by atoms with E-state index in [0.29, 0.717) is 33.5 Å². The molecule has 0 fully saturated rings. The van der Waals surface area contributed by atoms with Gasteiger partial charge in [-0.25, -0.2) is 4.98 Å². The summed E-state index contributed by atoms with van der Waals surface area (Å²) in [5, 5.41) is 3.45. The van der Waals surface area contributed by atoms with Crippen LogP contribution in [0.15, 0.2) is 154 Å². The molecule has 7 aromatic carbocycles. The normalized spacial score (nSPS) is 14.9. The summed E-state index contributed by atoms with van der Waals surface area (Å²) < 4.78 is 104. The summed E-state index contributed by atoms with van der Waals surface area (Å²) in [5.74, 6) is 0.190. The largest absolute Gasteiger partial charge is 0.455 e. The molecule has 5 heterocycles. The van der Waals surface area contributed by atoms with E-state index in [1.807, 2.05) is 84.9 Å². The molecule has 0 bridgehead atoms. The molecule has 0 saturated carbocycles. The van der Waals surface area contributed by atoms with Crippen molar-refractivity contribution in [2.45, 2.75) is 0 Å². The Labute approximate surface area is 312 Å². The molecule has 0 radical (unpaired) electrons. The van der Waals surface area contributed by atoms with Gasteiger partial charge in [0.15, 0.2) is 11.6 Å². The van der Waals surface area contributed by atoms with Gasteiger partial charge in [-0.1, -0.05) is 109 Å². The van der Waals surface area contributed by atoms with Crippen LogP contribution in [0.1, 0.15) is 13.7 Å². The molecular formula is C45H24N4O2S. The number of hydrogen-bond donors (Lipinski definition) is 0. The first-order valence-corrected chi connectivity index (χ1v) is 17.2. The van der Waals surface area contributed by atoms with E-state index >= 15 is 0 Å². The molecule has 5 aromatic heterocycles. The van der Waals surface area contributed by atoms with Crippen molar-refractivity contribution in [2.75, 3.05) is 0 Å². The van der Waals surface area contributed by atoms with Crippen LogP contribution in [0.5, 0.6) is 0 Å². The number of fused-ring (bicyclic) bond motifs is 13. The second-order valence-corrected chi connectivity index (χ2v) is 13.4. The van der Waals surface area contributed by atoms with Crippen LogP contribution in [0.25, 0.3) is 115 Å². The third-order valence-electron chi connectivity index (χ3n) is 9.58. The van der Waals surface area contributed by atoms with Gasteiger partial charge in [0, 0.05) is 47.8 Å². The quantitative estimate of drug-likeness (QED) is 0.184. The van der Waals surface area contributed by atoms with Gasteiger partial charge in [0.1, 0.15) is 22.3 Å². The van der Waals surface area contributed by atoms with Gasteiger partial charge >= 0.3 is 0 Å². The fourth-order valence-electron chi connectivity index (χ4n) is 7.32. The Morgan fingerprint density at radius 2 is 1.08 bits per heavy atom. The highest BCUT2D eigenvalue weighted by Gasteiger charge is 2.24. The molecule has 0 N–H and O–H groups in total. The van der Waals surface area contributed by atoms with E-state index in [9.17, 15) is 5.48 Å². The number of para-hydroxylation sites is 5. The summed E-state index contributed by atoms with van der Waals surface area (Å²) >= 11 is 0.979. The molecule has 0 atom stereocenters. The van der Waals surface area contributed by atoms with Gasteiger partial charge in [-0.15, -0.1) is 11.3 Å². The summed E-state index contributed by atoms with van der Waals surface area (Å²) in [6.07, 6.45) is 0. The van der Waals surface area contributed by atoms with E-state index in [0.717, 1.165) is 32.9 Å². The predicted octanol–water partition coefficient (Wildman–Crippen LogP) is 12.5. The van der Waals surface area contributed by atoms with Crippen LogP contribution in [0, 0.1) is 0 Å². The number of furan rings is 2. The van der Waals surface area contributed by atoms with Crippen LogP contribution in [-0.4, -0.2) is 19.5 Å². The molecule has 0 saturated heterocycles. The molecule has 0 unspecified atom stereocenters. The Balaban J connectivity index is 1.30. The highest BCUT2D eigenvalue weighted by Crippen LogP contribution is 2.44. The van der Waals surface area contributed by atoms with E-state index in [1.165, 1.54) is 4.57 Å². The summed E-state index contributed by atoms with van der Waals surface area (Å²) in [6.45, 7) is 0. The topological polar surface area (TPSA) is 69.9 Å². The Kier molecular flexibility index (Phi) is 4.01. The Morgan fingerprint density at radius 3 is 1.77 bits per heavy atom. The minimum Gasteiger partial charge on any atom is -0.455 e. The van der Waals surface area contributed by atoms with Gasteiger partial charge < -0.3 is 8.83 Å². The fourth-order valence-corrected chi connectivity index (χ4v) is 8.42. The smallest absolute Gasteiger partial charge is 0.238 e. The molecule has 0 aliphatic rings. The van der Waals surface area contributed by atoms with E-state index in [1.54, 1.807) is 0 Å². The molecule has 6 nitrogen and oxygen atoms in total. The SMILES string of the molecule is [2H]c1c([2H])c([2H])c2c(sc3c2c([2H])c([2H])c2c4c([2H])c([2H])c([2H])c([2H])c4n(-c4nc(-c5cccc6c5oc5ccccc56)nc(-c5cccc6c5oc5ccccc56)n4)c32)c1[2H]. The monoisotopic (exact) mass is 694 g/mol. The molecule has 52 heavy (non-hydrogen) atoms. The second-order valence-electron chi connectivity index (χ2n) is 12.4. The zero-order valence-corrected chi connectivity index (χ0v) is 27.4. The van der Waals surface area contributed by atoms with Crippen molar-refractivity contribution in [3.05, 3.63) is 145 Å². The third kappa shape index (κ3) is 3.80. The number of nitrogens with zero attached hydrogens (tertiary/aromatic N) is 4. The van der Waals surface area contributed by atoms with Crippen LogP contribution in [-0.2, 0) is 0 Å². The van der Waals surface area contributed by atoms with Gasteiger partial charge in [0.05, 0.1) is 40.6 Å². The average molecular weight is 695 g/mol. The van der Waals surface area contributed by atoms with Crippen molar-refractivity contribution in [3.8, 4) is 28.7 Å². The highest BCUT2D eigenvalue weighted by atomic mass is 32.1. The Hall–Kier alpha value is -6.83. The highest BCUT2D eigenvalue weighted by molar-refractivity contribution is 7.26. The van der Waals surface area contributed by atoms with E-state index in [4.69, 9.17) is 32.0 Å². The maximum Gasteiger partial charge on any atom is 0.238 e. The molecule has 0 aliphatic heterocycles.